The normalized spacial score (nSPS) is 20.3. The van der Waals surface area contributed by atoms with Gasteiger partial charge in [-0.2, -0.15) is 0 Å². The van der Waals surface area contributed by atoms with Crippen LogP contribution in [0.15, 0.2) is 66.7 Å². The fourth-order valence-electron chi connectivity index (χ4n) is 6.13. The van der Waals surface area contributed by atoms with Gasteiger partial charge in [0.05, 0.1) is 11.6 Å². The van der Waals surface area contributed by atoms with E-state index in [1.54, 1.807) is 24.1 Å². The summed E-state index contributed by atoms with van der Waals surface area (Å²) in [7, 11) is 1.66. The van der Waals surface area contributed by atoms with Crippen molar-refractivity contribution in [3.8, 4) is 22.6 Å². The molecule has 1 saturated carbocycles. The lowest BCUT2D eigenvalue weighted by Gasteiger charge is -2.36. The Kier molecular flexibility index (Phi) is 7.94. The van der Waals surface area contributed by atoms with E-state index in [-0.39, 0.29) is 42.0 Å². The highest BCUT2D eigenvalue weighted by molar-refractivity contribution is 6.01. The predicted molar refractivity (Wildman–Crippen MR) is 159 cm³/mol. The molecule has 2 fully saturated rings. The number of carbonyl (C=O) groups is 2. The van der Waals surface area contributed by atoms with Crippen LogP contribution in [0.25, 0.3) is 11.1 Å². The van der Waals surface area contributed by atoms with E-state index in [0.29, 0.717) is 37.6 Å². The monoisotopic (exact) mass is 555 g/mol. The number of fused-ring (bicyclic) bond motifs is 1. The molecule has 2 atom stereocenters. The van der Waals surface area contributed by atoms with E-state index in [4.69, 9.17) is 9.47 Å². The van der Waals surface area contributed by atoms with Crippen LogP contribution >= 0.6 is 0 Å². The van der Waals surface area contributed by atoms with Crippen LogP contribution in [0.3, 0.4) is 0 Å². The number of hydrogen-bond donors (Lipinski definition) is 2. The first-order valence-electron chi connectivity index (χ1n) is 14.5. The highest BCUT2D eigenvalue weighted by Gasteiger charge is 2.41. The number of piperidine rings is 1. The number of phenols is 1. The number of amides is 2. The van der Waals surface area contributed by atoms with Crippen molar-refractivity contribution in [3.63, 3.8) is 0 Å². The van der Waals surface area contributed by atoms with Gasteiger partial charge in [-0.05, 0) is 85.2 Å². The maximum absolute atomic E-state index is 14.4. The van der Waals surface area contributed by atoms with E-state index in [0.717, 1.165) is 48.2 Å². The van der Waals surface area contributed by atoms with E-state index >= 15 is 0 Å². The molecule has 8 heteroatoms. The number of nitrogens with one attached hydrogen (secondary N) is 1. The number of nitrogens with zero attached hydrogens (tertiary/aromatic N) is 2. The summed E-state index contributed by atoms with van der Waals surface area (Å²) in [6.07, 6.45) is 3.51. The molecule has 0 bridgehead atoms. The zero-order chi connectivity index (χ0) is 28.3. The highest BCUT2D eigenvalue weighted by atomic mass is 16.5. The molecule has 0 radical (unpaired) electrons. The fourth-order valence-corrected chi connectivity index (χ4v) is 6.13. The standard InChI is InChI=1S/C33H37N3O5/c1-40-16-4-15-35-30-19-26(11-12-31(30)41-21-32(35)38)36(25-9-10-25)33(39)29-20-34-14-13-28(29)24-7-2-5-22(17-24)23-6-3-8-27(37)18-23/h2-3,5-8,11-12,17-19,25,28-29,34,37H,4,9-10,13-16,20-21H2,1H3/t28-,29+/m1/s1. The van der Waals surface area contributed by atoms with Crippen LogP contribution in [0, 0.1) is 5.92 Å². The number of phenolic OH excluding ortho intramolecular Hbond substituents is 1. The van der Waals surface area contributed by atoms with Crippen LogP contribution in [0.5, 0.6) is 11.5 Å². The van der Waals surface area contributed by atoms with Gasteiger partial charge in [-0.25, -0.2) is 0 Å². The first-order chi connectivity index (χ1) is 20.0. The van der Waals surface area contributed by atoms with Crippen molar-refractivity contribution >= 4 is 23.2 Å². The van der Waals surface area contributed by atoms with Crippen molar-refractivity contribution in [2.45, 2.75) is 37.6 Å². The van der Waals surface area contributed by atoms with Crippen molar-refractivity contribution in [2.24, 2.45) is 5.92 Å². The molecule has 214 valence electrons. The summed E-state index contributed by atoms with van der Waals surface area (Å²) in [6, 6.07) is 21.6. The Bertz CT molecular complexity index is 1420. The molecule has 0 unspecified atom stereocenters. The van der Waals surface area contributed by atoms with Gasteiger partial charge in [-0.15, -0.1) is 0 Å². The number of hydrogen-bond acceptors (Lipinski definition) is 6. The minimum Gasteiger partial charge on any atom is -0.508 e. The van der Waals surface area contributed by atoms with Crippen molar-refractivity contribution in [1.29, 1.82) is 0 Å². The Morgan fingerprint density at radius 1 is 1.07 bits per heavy atom. The number of methoxy groups -OCH3 is 1. The van der Waals surface area contributed by atoms with Gasteiger partial charge in [0.25, 0.3) is 5.91 Å². The van der Waals surface area contributed by atoms with Crippen LogP contribution in [-0.4, -0.2) is 62.9 Å². The second-order valence-electron chi connectivity index (χ2n) is 11.2. The van der Waals surface area contributed by atoms with Crippen LogP contribution in [0.4, 0.5) is 11.4 Å². The summed E-state index contributed by atoms with van der Waals surface area (Å²) in [5, 5.41) is 13.5. The summed E-state index contributed by atoms with van der Waals surface area (Å²) >= 11 is 0. The van der Waals surface area contributed by atoms with Crippen molar-refractivity contribution in [2.75, 3.05) is 49.8 Å². The Balaban J connectivity index is 1.30. The third kappa shape index (κ3) is 5.80. The average molecular weight is 556 g/mol. The lowest BCUT2D eigenvalue weighted by molar-refractivity contribution is -0.123. The Morgan fingerprint density at radius 2 is 1.88 bits per heavy atom. The second kappa shape index (κ2) is 11.9. The number of benzene rings is 3. The van der Waals surface area contributed by atoms with Gasteiger partial charge in [0.2, 0.25) is 5.91 Å². The molecule has 2 heterocycles. The minimum absolute atomic E-state index is 0.0156. The molecule has 8 nitrogen and oxygen atoms in total. The molecule has 6 rings (SSSR count). The van der Waals surface area contributed by atoms with Gasteiger partial charge in [0.15, 0.2) is 6.61 Å². The van der Waals surface area contributed by atoms with Crippen molar-refractivity contribution < 1.29 is 24.2 Å². The van der Waals surface area contributed by atoms with E-state index in [1.165, 1.54) is 0 Å². The Morgan fingerprint density at radius 3 is 2.66 bits per heavy atom. The highest BCUT2D eigenvalue weighted by Crippen LogP contribution is 2.42. The number of aromatic hydroxyl groups is 1. The largest absolute Gasteiger partial charge is 0.508 e. The molecule has 2 N–H and O–H groups in total. The zero-order valence-corrected chi connectivity index (χ0v) is 23.4. The molecule has 2 amide bonds. The Hall–Kier alpha value is -3.88. The zero-order valence-electron chi connectivity index (χ0n) is 23.4. The topological polar surface area (TPSA) is 91.3 Å². The van der Waals surface area contributed by atoms with Crippen molar-refractivity contribution in [3.05, 3.63) is 72.3 Å². The van der Waals surface area contributed by atoms with Crippen LogP contribution < -0.4 is 19.9 Å². The summed E-state index contributed by atoms with van der Waals surface area (Å²) in [5.41, 5.74) is 4.63. The average Bonchev–Trinajstić information content (AvgIpc) is 3.84. The fraction of sp³-hybridized carbons (Fsp3) is 0.394. The van der Waals surface area contributed by atoms with E-state index in [9.17, 15) is 14.7 Å². The molecule has 0 aromatic heterocycles. The SMILES string of the molecule is COCCCN1C(=O)COc2ccc(N(C(=O)[C@H]3CNCC[C@@H]3c3cccc(-c4cccc(O)c4)c3)C3CC3)cc21. The lowest BCUT2D eigenvalue weighted by Crippen LogP contribution is -2.47. The van der Waals surface area contributed by atoms with Gasteiger partial charge in [0.1, 0.15) is 11.5 Å². The maximum Gasteiger partial charge on any atom is 0.265 e. The van der Waals surface area contributed by atoms with E-state index in [2.05, 4.69) is 17.4 Å². The summed E-state index contributed by atoms with van der Waals surface area (Å²) in [6.45, 7) is 2.58. The number of carbonyl (C=O) groups excluding carboxylic acids is 2. The van der Waals surface area contributed by atoms with Gasteiger partial charge in [-0.3, -0.25) is 9.59 Å². The third-order valence-electron chi connectivity index (χ3n) is 8.34. The second-order valence-corrected chi connectivity index (χ2v) is 11.2. The molecule has 3 aliphatic rings. The molecule has 3 aromatic carbocycles. The molecule has 2 aliphatic heterocycles. The summed E-state index contributed by atoms with van der Waals surface area (Å²) < 4.78 is 10.9. The summed E-state index contributed by atoms with van der Waals surface area (Å²) in [4.78, 5) is 30.9. The van der Waals surface area contributed by atoms with Gasteiger partial charge < -0.3 is 29.7 Å². The van der Waals surface area contributed by atoms with Gasteiger partial charge in [-0.1, -0.05) is 36.4 Å². The number of ether oxygens (including phenoxy) is 2. The van der Waals surface area contributed by atoms with Gasteiger partial charge in [0, 0.05) is 38.5 Å². The first kappa shape index (κ1) is 27.3. The quantitative estimate of drug-likeness (QED) is 0.372. The van der Waals surface area contributed by atoms with E-state index < -0.39 is 0 Å². The third-order valence-corrected chi connectivity index (χ3v) is 8.34. The predicted octanol–water partition coefficient (Wildman–Crippen LogP) is 4.71. The lowest BCUT2D eigenvalue weighted by atomic mass is 9.79. The molecule has 41 heavy (non-hydrogen) atoms. The van der Waals surface area contributed by atoms with E-state index in [1.807, 2.05) is 47.4 Å². The molecule has 3 aromatic rings. The van der Waals surface area contributed by atoms with Crippen LogP contribution in [0.1, 0.15) is 37.2 Å². The smallest absolute Gasteiger partial charge is 0.265 e. The Labute approximate surface area is 240 Å². The summed E-state index contributed by atoms with van der Waals surface area (Å²) in [5.74, 6) is 0.762. The number of anilines is 2. The molecule has 0 spiro atoms. The van der Waals surface area contributed by atoms with Crippen LogP contribution in [-0.2, 0) is 14.3 Å². The van der Waals surface area contributed by atoms with Gasteiger partial charge >= 0.3 is 0 Å². The molecule has 1 saturated heterocycles. The van der Waals surface area contributed by atoms with Crippen molar-refractivity contribution in [1.82, 2.24) is 5.32 Å². The molecule has 1 aliphatic carbocycles. The molecular weight excluding hydrogens is 518 g/mol. The number of rotatable bonds is 9. The minimum atomic E-state index is -0.226. The molecular formula is C33H37N3O5. The van der Waals surface area contributed by atoms with Crippen LogP contribution in [0.2, 0.25) is 0 Å². The maximum atomic E-state index is 14.4. The first-order valence-corrected chi connectivity index (χ1v) is 14.5.